The van der Waals surface area contributed by atoms with E-state index in [1.807, 2.05) is 42.5 Å². The summed E-state index contributed by atoms with van der Waals surface area (Å²) in [6, 6.07) is 7.92. The monoisotopic (exact) mass is 355 g/mol. The summed E-state index contributed by atoms with van der Waals surface area (Å²) < 4.78 is 0. The van der Waals surface area contributed by atoms with Gasteiger partial charge in [-0.15, -0.1) is 23.1 Å². The van der Waals surface area contributed by atoms with Crippen molar-refractivity contribution < 1.29 is 4.79 Å². The summed E-state index contributed by atoms with van der Waals surface area (Å²) in [6.07, 6.45) is 5.81. The highest BCUT2D eigenvalue weighted by Crippen LogP contribution is 2.43. The van der Waals surface area contributed by atoms with Crippen LogP contribution >= 0.6 is 23.1 Å². The van der Waals surface area contributed by atoms with Gasteiger partial charge in [-0.1, -0.05) is 25.1 Å². The molecule has 1 aliphatic heterocycles. The number of para-hydroxylation sites is 1. The third kappa shape index (κ3) is 2.93. The van der Waals surface area contributed by atoms with Crippen molar-refractivity contribution >= 4 is 40.8 Å². The minimum Gasteiger partial charge on any atom is -0.321 e. The van der Waals surface area contributed by atoms with Crippen LogP contribution in [0, 0.1) is 12.8 Å². The van der Waals surface area contributed by atoms with Gasteiger partial charge < -0.3 is 5.32 Å². The molecule has 0 saturated heterocycles. The number of thioether (sulfide) groups is 1. The zero-order chi connectivity index (χ0) is 16.7. The number of hydrogen-bond acceptors (Lipinski definition) is 3. The van der Waals surface area contributed by atoms with Crippen LogP contribution in [0.4, 0.5) is 5.69 Å². The first kappa shape index (κ1) is 16.0. The van der Waals surface area contributed by atoms with E-state index >= 15 is 0 Å². The Hall–Kier alpha value is -1.52. The highest BCUT2D eigenvalue weighted by atomic mass is 32.2. The van der Waals surface area contributed by atoms with Crippen LogP contribution in [0.3, 0.4) is 0 Å². The van der Waals surface area contributed by atoms with E-state index in [1.54, 1.807) is 22.2 Å². The standard InChI is InChI=1S/C20H21NOS2/c1-12-7-8-14-15-11-23-19(10-18(15)24-17(14)9-12)20(22)21-16-6-4-3-5-13(16)2/h3-6,10,12H,7-9,11H2,1-2H3,(H,21,22). The van der Waals surface area contributed by atoms with Gasteiger partial charge in [-0.3, -0.25) is 4.79 Å². The number of benzene rings is 1. The molecule has 2 aromatic rings. The molecular formula is C20H21NOS2. The van der Waals surface area contributed by atoms with Crippen molar-refractivity contribution in [1.29, 1.82) is 0 Å². The second-order valence-electron chi connectivity index (χ2n) is 6.76. The van der Waals surface area contributed by atoms with Gasteiger partial charge in [0.1, 0.15) is 0 Å². The second-order valence-corrected chi connectivity index (χ2v) is 8.91. The Morgan fingerprint density at radius 2 is 2.08 bits per heavy atom. The predicted octanol–water partition coefficient (Wildman–Crippen LogP) is 5.41. The third-order valence-corrected chi connectivity index (χ3v) is 7.19. The number of amides is 1. The summed E-state index contributed by atoms with van der Waals surface area (Å²) in [5, 5.41) is 3.06. The molecule has 24 heavy (non-hydrogen) atoms. The van der Waals surface area contributed by atoms with Crippen LogP contribution in [-0.2, 0) is 23.4 Å². The van der Waals surface area contributed by atoms with Gasteiger partial charge in [0, 0.05) is 21.2 Å². The van der Waals surface area contributed by atoms with Crippen LogP contribution in [0.2, 0.25) is 0 Å². The number of thiophene rings is 1. The quantitative estimate of drug-likeness (QED) is 0.780. The van der Waals surface area contributed by atoms with Crippen molar-refractivity contribution in [3.8, 4) is 0 Å². The van der Waals surface area contributed by atoms with Gasteiger partial charge in [0.15, 0.2) is 0 Å². The Morgan fingerprint density at radius 1 is 1.25 bits per heavy atom. The van der Waals surface area contributed by atoms with E-state index in [4.69, 9.17) is 0 Å². The van der Waals surface area contributed by atoms with Crippen molar-refractivity contribution in [1.82, 2.24) is 0 Å². The Kier molecular flexibility index (Phi) is 4.27. The van der Waals surface area contributed by atoms with E-state index in [0.717, 1.165) is 27.8 Å². The zero-order valence-electron chi connectivity index (χ0n) is 14.0. The van der Waals surface area contributed by atoms with Gasteiger partial charge in [0.2, 0.25) is 0 Å². The average Bonchev–Trinajstić information content (AvgIpc) is 2.93. The lowest BCUT2D eigenvalue weighted by Gasteiger charge is -2.20. The molecule has 0 fully saturated rings. The number of nitrogens with one attached hydrogen (secondary N) is 1. The normalized spacial score (nSPS) is 19.2. The average molecular weight is 356 g/mol. The van der Waals surface area contributed by atoms with Gasteiger partial charge in [0.05, 0.1) is 4.91 Å². The van der Waals surface area contributed by atoms with Crippen LogP contribution in [0.1, 0.15) is 39.8 Å². The fourth-order valence-corrected chi connectivity index (χ4v) is 6.11. The molecular weight excluding hydrogens is 334 g/mol. The summed E-state index contributed by atoms with van der Waals surface area (Å²) in [5.41, 5.74) is 5.05. The number of anilines is 1. The lowest BCUT2D eigenvalue weighted by atomic mass is 9.88. The molecule has 124 valence electrons. The van der Waals surface area contributed by atoms with Crippen molar-refractivity contribution in [3.63, 3.8) is 0 Å². The molecule has 1 N–H and O–H groups in total. The molecule has 4 rings (SSSR count). The Labute approximate surface area is 151 Å². The Bertz CT molecular complexity index is 834. The van der Waals surface area contributed by atoms with Gasteiger partial charge >= 0.3 is 0 Å². The van der Waals surface area contributed by atoms with Crippen LogP contribution in [0.5, 0.6) is 0 Å². The first-order valence-corrected chi connectivity index (χ1v) is 10.3. The number of hydrogen-bond donors (Lipinski definition) is 1. The van der Waals surface area contributed by atoms with E-state index in [1.165, 1.54) is 29.7 Å². The maximum atomic E-state index is 12.6. The molecule has 1 aliphatic carbocycles. The van der Waals surface area contributed by atoms with E-state index in [0.29, 0.717) is 0 Å². The predicted molar refractivity (Wildman–Crippen MR) is 105 cm³/mol. The largest absolute Gasteiger partial charge is 0.321 e. The summed E-state index contributed by atoms with van der Waals surface area (Å²) in [4.78, 5) is 16.3. The van der Waals surface area contributed by atoms with Crippen molar-refractivity contribution in [3.05, 3.63) is 55.6 Å². The van der Waals surface area contributed by atoms with Crippen molar-refractivity contribution in [2.45, 2.75) is 38.9 Å². The van der Waals surface area contributed by atoms with Gasteiger partial charge in [-0.2, -0.15) is 0 Å². The molecule has 0 saturated carbocycles. The molecule has 1 atom stereocenters. The molecule has 1 aromatic carbocycles. The Balaban J connectivity index is 1.59. The second kappa shape index (κ2) is 6.41. The molecule has 1 amide bonds. The van der Waals surface area contributed by atoms with Crippen LogP contribution in [0.15, 0.2) is 29.2 Å². The lowest BCUT2D eigenvalue weighted by Crippen LogP contribution is -2.15. The molecule has 0 spiro atoms. The van der Waals surface area contributed by atoms with E-state index < -0.39 is 0 Å². The topological polar surface area (TPSA) is 29.1 Å². The summed E-state index contributed by atoms with van der Waals surface area (Å²) in [6.45, 7) is 4.36. The molecule has 1 unspecified atom stereocenters. The van der Waals surface area contributed by atoms with E-state index in [2.05, 4.69) is 18.3 Å². The van der Waals surface area contributed by atoms with Crippen LogP contribution in [0.25, 0.3) is 6.08 Å². The smallest absolute Gasteiger partial charge is 0.262 e. The van der Waals surface area contributed by atoms with Gasteiger partial charge in [-0.25, -0.2) is 0 Å². The van der Waals surface area contributed by atoms with E-state index in [-0.39, 0.29) is 5.91 Å². The fourth-order valence-electron chi connectivity index (χ4n) is 3.45. The molecule has 2 heterocycles. The molecule has 0 radical (unpaired) electrons. The zero-order valence-corrected chi connectivity index (χ0v) is 15.7. The van der Waals surface area contributed by atoms with Crippen molar-refractivity contribution in [2.24, 2.45) is 5.92 Å². The Morgan fingerprint density at radius 3 is 2.92 bits per heavy atom. The van der Waals surface area contributed by atoms with Crippen LogP contribution in [-0.4, -0.2) is 5.91 Å². The first-order valence-electron chi connectivity index (χ1n) is 8.46. The minimum absolute atomic E-state index is 0.0136. The van der Waals surface area contributed by atoms with E-state index in [9.17, 15) is 4.79 Å². The number of fused-ring (bicyclic) bond motifs is 3. The number of carbonyl (C=O) groups is 1. The van der Waals surface area contributed by atoms with Gasteiger partial charge in [0.25, 0.3) is 5.91 Å². The molecule has 4 heteroatoms. The SMILES string of the molecule is Cc1ccccc1NC(=O)C1=Cc2sc3c(c2CS1)CCC(C)C3. The highest BCUT2D eigenvalue weighted by Gasteiger charge is 2.26. The molecule has 0 bridgehead atoms. The number of aryl methyl sites for hydroxylation is 1. The maximum Gasteiger partial charge on any atom is 0.262 e. The fraction of sp³-hybridized carbons (Fsp3) is 0.350. The highest BCUT2D eigenvalue weighted by molar-refractivity contribution is 8.03. The van der Waals surface area contributed by atoms with Crippen LogP contribution < -0.4 is 5.32 Å². The molecule has 2 aliphatic rings. The summed E-state index contributed by atoms with van der Waals surface area (Å²) >= 11 is 3.58. The van der Waals surface area contributed by atoms with Gasteiger partial charge in [-0.05, 0) is 60.9 Å². The lowest BCUT2D eigenvalue weighted by molar-refractivity contribution is -0.112. The first-order chi connectivity index (χ1) is 11.6. The molecule has 2 nitrogen and oxygen atoms in total. The minimum atomic E-state index is 0.0136. The summed E-state index contributed by atoms with van der Waals surface area (Å²) in [7, 11) is 0. The number of rotatable bonds is 2. The third-order valence-electron chi connectivity index (χ3n) is 4.90. The molecule has 1 aromatic heterocycles. The van der Waals surface area contributed by atoms with Crippen molar-refractivity contribution in [2.75, 3.05) is 5.32 Å². The number of carbonyl (C=O) groups excluding carboxylic acids is 1. The maximum absolute atomic E-state index is 12.6. The summed E-state index contributed by atoms with van der Waals surface area (Å²) in [5.74, 6) is 1.74.